The van der Waals surface area contributed by atoms with E-state index in [9.17, 15) is 9.90 Å². The fourth-order valence-electron chi connectivity index (χ4n) is 3.98. The Labute approximate surface area is 212 Å². The van der Waals surface area contributed by atoms with Crippen molar-refractivity contribution in [3.05, 3.63) is 41.7 Å². The first-order chi connectivity index (χ1) is 16.9. The second-order valence-corrected chi connectivity index (χ2v) is 17.1. The first kappa shape index (κ1) is 26.0. The van der Waals surface area contributed by atoms with E-state index in [2.05, 4.69) is 30.1 Å². The fraction of sp³-hybridized carbons (Fsp3) is 0.462. The molecule has 192 valence electrons. The maximum absolute atomic E-state index is 13.2. The van der Waals surface area contributed by atoms with Gasteiger partial charge in [0.25, 0.3) is 5.91 Å². The summed E-state index contributed by atoms with van der Waals surface area (Å²) < 4.78 is 9.58. The lowest BCUT2D eigenvalue weighted by Crippen LogP contribution is -2.40. The molecule has 0 spiro atoms. The van der Waals surface area contributed by atoms with Crippen molar-refractivity contribution in [3.63, 3.8) is 0 Å². The van der Waals surface area contributed by atoms with Gasteiger partial charge in [0.05, 0.1) is 23.9 Å². The Kier molecular flexibility index (Phi) is 7.05. The van der Waals surface area contributed by atoms with Crippen molar-refractivity contribution in [3.8, 4) is 11.4 Å². The summed E-state index contributed by atoms with van der Waals surface area (Å²) in [4.78, 5) is 22.8. The predicted octanol–water partition coefficient (Wildman–Crippen LogP) is 4.32. The molecule has 0 fully saturated rings. The highest BCUT2D eigenvalue weighted by Gasteiger charge is 2.23. The van der Waals surface area contributed by atoms with Crippen molar-refractivity contribution in [2.45, 2.75) is 65.3 Å². The summed E-state index contributed by atoms with van der Waals surface area (Å²) in [5.41, 5.74) is 4.05. The van der Waals surface area contributed by atoms with E-state index in [1.54, 1.807) is 17.1 Å². The topological polar surface area (TPSA) is 107 Å². The number of nitrogens with one attached hydrogen (secondary N) is 1. The molecule has 3 aromatic heterocycles. The lowest BCUT2D eigenvalue weighted by atomic mass is 10.1. The van der Waals surface area contributed by atoms with E-state index in [4.69, 9.17) is 14.7 Å². The summed E-state index contributed by atoms with van der Waals surface area (Å²) in [6, 6.07) is 6.77. The molecule has 2 N–H and O–H groups in total. The molecule has 0 bridgehead atoms. The van der Waals surface area contributed by atoms with Crippen molar-refractivity contribution in [2.75, 3.05) is 6.61 Å². The Bertz CT molecular complexity index is 1410. The average molecular weight is 509 g/mol. The number of amides is 1. The number of aliphatic hydroxyl groups is 1. The van der Waals surface area contributed by atoms with Gasteiger partial charge in [-0.2, -0.15) is 5.10 Å². The van der Waals surface area contributed by atoms with Gasteiger partial charge in [0.2, 0.25) is 0 Å². The number of carbonyl (C=O) groups is 1. The van der Waals surface area contributed by atoms with Gasteiger partial charge in [-0.15, -0.1) is 0 Å². The zero-order valence-corrected chi connectivity index (χ0v) is 23.2. The number of hydrogen-bond donors (Lipinski definition) is 2. The van der Waals surface area contributed by atoms with E-state index in [-0.39, 0.29) is 12.5 Å². The standard InChI is InChI=1S/C26H36N6O3Si/c1-26(2,3)29-25(34)19-14-32(16-35-10-11-36(5,6)7)24-23(19)28-20(13-27-24)22-18-12-17(15-33)8-9-21(18)31(4)30-22/h8-9,12-14,33H,10-11,15-16H2,1-7H3,(H,29,34). The molecule has 0 atom stereocenters. The molecule has 0 aliphatic carbocycles. The Balaban J connectivity index is 1.78. The molecular formula is C26H36N6O3Si. The van der Waals surface area contributed by atoms with Gasteiger partial charge in [0.1, 0.15) is 23.6 Å². The summed E-state index contributed by atoms with van der Waals surface area (Å²) in [5.74, 6) is -0.215. The molecule has 0 radical (unpaired) electrons. The van der Waals surface area contributed by atoms with Crippen LogP contribution in [0, 0.1) is 0 Å². The first-order valence-electron chi connectivity index (χ1n) is 12.2. The number of benzene rings is 1. The number of aryl methyl sites for hydroxylation is 1. The van der Waals surface area contributed by atoms with Crippen molar-refractivity contribution in [1.29, 1.82) is 0 Å². The van der Waals surface area contributed by atoms with Gasteiger partial charge < -0.3 is 19.7 Å². The van der Waals surface area contributed by atoms with Crippen LogP contribution in [0.15, 0.2) is 30.6 Å². The lowest BCUT2D eigenvalue weighted by Gasteiger charge is -2.20. The number of nitrogens with zero attached hydrogens (tertiary/aromatic N) is 5. The van der Waals surface area contributed by atoms with Gasteiger partial charge in [-0.1, -0.05) is 25.7 Å². The SMILES string of the molecule is Cn1nc(-c2cnc3c(n2)c(C(=O)NC(C)(C)C)cn3COCC[Si](C)(C)C)c2cc(CO)ccc21. The van der Waals surface area contributed by atoms with E-state index in [1.807, 2.05) is 50.6 Å². The third-order valence-corrected chi connectivity index (χ3v) is 7.57. The Hall–Kier alpha value is -3.08. The van der Waals surface area contributed by atoms with Gasteiger partial charge in [0.15, 0.2) is 5.65 Å². The summed E-state index contributed by atoms with van der Waals surface area (Å²) >= 11 is 0. The van der Waals surface area contributed by atoms with Gasteiger partial charge in [0, 0.05) is 38.9 Å². The van der Waals surface area contributed by atoms with Crippen LogP contribution in [0.4, 0.5) is 0 Å². The second-order valence-electron chi connectivity index (χ2n) is 11.5. The number of aliphatic hydroxyl groups excluding tert-OH is 1. The molecule has 3 heterocycles. The normalized spacial score (nSPS) is 12.6. The van der Waals surface area contributed by atoms with Crippen molar-refractivity contribution in [2.24, 2.45) is 7.05 Å². The Morgan fingerprint density at radius 2 is 1.97 bits per heavy atom. The number of carbonyl (C=O) groups excluding carboxylic acids is 1. The molecule has 9 nitrogen and oxygen atoms in total. The number of ether oxygens (including phenoxy) is 1. The molecule has 4 aromatic rings. The molecule has 4 rings (SSSR count). The van der Waals surface area contributed by atoms with E-state index in [0.29, 0.717) is 41.5 Å². The summed E-state index contributed by atoms with van der Waals surface area (Å²) in [5, 5.41) is 18.2. The van der Waals surface area contributed by atoms with Crippen LogP contribution in [0.2, 0.25) is 25.7 Å². The molecule has 1 amide bonds. The zero-order valence-electron chi connectivity index (χ0n) is 22.2. The second kappa shape index (κ2) is 9.76. The maximum Gasteiger partial charge on any atom is 0.255 e. The average Bonchev–Trinajstić information content (AvgIpc) is 3.32. The van der Waals surface area contributed by atoms with E-state index >= 15 is 0 Å². The maximum atomic E-state index is 13.2. The van der Waals surface area contributed by atoms with Crippen molar-refractivity contribution in [1.82, 2.24) is 29.6 Å². The van der Waals surface area contributed by atoms with Crippen LogP contribution in [-0.2, 0) is 25.1 Å². The third kappa shape index (κ3) is 5.66. The first-order valence-corrected chi connectivity index (χ1v) is 15.9. The third-order valence-electron chi connectivity index (χ3n) is 5.87. The molecule has 0 aliphatic rings. The number of fused-ring (bicyclic) bond motifs is 2. The number of hydrogen-bond acceptors (Lipinski definition) is 6. The van der Waals surface area contributed by atoms with Crippen molar-refractivity contribution >= 4 is 36.0 Å². The summed E-state index contributed by atoms with van der Waals surface area (Å²) in [6.45, 7) is 13.7. The van der Waals surface area contributed by atoms with Gasteiger partial charge >= 0.3 is 0 Å². The van der Waals surface area contributed by atoms with E-state index in [1.165, 1.54) is 0 Å². The quantitative estimate of drug-likeness (QED) is 0.271. The van der Waals surface area contributed by atoms with Crippen LogP contribution in [0.25, 0.3) is 33.5 Å². The number of rotatable bonds is 8. The predicted molar refractivity (Wildman–Crippen MR) is 144 cm³/mol. The molecular weight excluding hydrogens is 472 g/mol. The highest BCUT2D eigenvalue weighted by Crippen LogP contribution is 2.29. The molecule has 36 heavy (non-hydrogen) atoms. The molecule has 0 aliphatic heterocycles. The highest BCUT2D eigenvalue weighted by atomic mass is 28.3. The largest absolute Gasteiger partial charge is 0.392 e. The molecule has 10 heteroatoms. The van der Waals surface area contributed by atoms with Gasteiger partial charge in [-0.05, 0) is 44.5 Å². The van der Waals surface area contributed by atoms with Gasteiger partial charge in [-0.3, -0.25) is 9.48 Å². The minimum absolute atomic E-state index is 0.0628. The molecule has 0 saturated carbocycles. The minimum atomic E-state index is -1.21. The number of aromatic nitrogens is 5. The van der Waals surface area contributed by atoms with Crippen molar-refractivity contribution < 1.29 is 14.6 Å². The van der Waals surface area contributed by atoms with Crippen LogP contribution < -0.4 is 5.32 Å². The van der Waals surface area contributed by atoms with E-state index in [0.717, 1.165) is 22.5 Å². The summed E-state index contributed by atoms with van der Waals surface area (Å²) in [7, 11) is 0.656. The summed E-state index contributed by atoms with van der Waals surface area (Å²) in [6.07, 6.45) is 3.45. The molecule has 0 unspecified atom stereocenters. The zero-order chi connectivity index (χ0) is 26.3. The highest BCUT2D eigenvalue weighted by molar-refractivity contribution is 6.76. The molecule has 0 saturated heterocycles. The smallest absolute Gasteiger partial charge is 0.255 e. The van der Waals surface area contributed by atoms with Crippen LogP contribution in [0.5, 0.6) is 0 Å². The van der Waals surface area contributed by atoms with E-state index < -0.39 is 13.6 Å². The van der Waals surface area contributed by atoms with Crippen LogP contribution in [-0.4, -0.2) is 55.5 Å². The Morgan fingerprint density at radius 1 is 1.22 bits per heavy atom. The van der Waals surface area contributed by atoms with Gasteiger partial charge in [-0.25, -0.2) is 9.97 Å². The lowest BCUT2D eigenvalue weighted by molar-refractivity contribution is 0.0886. The fourth-order valence-corrected chi connectivity index (χ4v) is 4.74. The monoisotopic (exact) mass is 508 g/mol. The van der Waals surface area contributed by atoms with Crippen LogP contribution in [0.3, 0.4) is 0 Å². The Morgan fingerprint density at radius 3 is 2.64 bits per heavy atom. The van der Waals surface area contributed by atoms with Crippen LogP contribution >= 0.6 is 0 Å². The van der Waals surface area contributed by atoms with Crippen LogP contribution in [0.1, 0.15) is 36.7 Å². The minimum Gasteiger partial charge on any atom is -0.392 e. The molecule has 1 aromatic carbocycles.